The van der Waals surface area contributed by atoms with Gasteiger partial charge >= 0.3 is 0 Å². The van der Waals surface area contributed by atoms with E-state index in [9.17, 15) is 9.59 Å². The van der Waals surface area contributed by atoms with Crippen molar-refractivity contribution >= 4 is 17.5 Å². The summed E-state index contributed by atoms with van der Waals surface area (Å²) in [5.41, 5.74) is 2.27. The van der Waals surface area contributed by atoms with Crippen molar-refractivity contribution < 1.29 is 14.3 Å². The second-order valence-corrected chi connectivity index (χ2v) is 7.04. The van der Waals surface area contributed by atoms with Gasteiger partial charge in [-0.3, -0.25) is 9.59 Å². The molecule has 0 atom stereocenters. The normalized spacial score (nSPS) is 14.4. The number of ether oxygens (including phenoxy) is 1. The minimum atomic E-state index is -0.264. The number of carbonyl (C=O) groups excluding carboxylic acids is 2. The Kier molecular flexibility index (Phi) is 6.47. The first kappa shape index (κ1) is 19.0. The molecule has 2 aromatic rings. The minimum Gasteiger partial charge on any atom is -0.484 e. The lowest BCUT2D eigenvalue weighted by atomic mass is 9.95. The zero-order chi connectivity index (χ0) is 19.1. The summed E-state index contributed by atoms with van der Waals surface area (Å²) in [5.74, 6) is 0.297. The number of hydrogen-bond donors (Lipinski definition) is 2. The van der Waals surface area contributed by atoms with Gasteiger partial charge in [0.15, 0.2) is 6.61 Å². The van der Waals surface area contributed by atoms with Gasteiger partial charge in [0.2, 0.25) is 0 Å². The zero-order valence-electron chi connectivity index (χ0n) is 15.7. The van der Waals surface area contributed by atoms with Crippen molar-refractivity contribution in [1.29, 1.82) is 0 Å². The van der Waals surface area contributed by atoms with Crippen molar-refractivity contribution in [3.63, 3.8) is 0 Å². The zero-order valence-corrected chi connectivity index (χ0v) is 15.7. The van der Waals surface area contributed by atoms with Crippen LogP contribution in [0.2, 0.25) is 0 Å². The number of benzene rings is 2. The molecule has 5 heteroatoms. The number of rotatable bonds is 6. The Hall–Kier alpha value is -2.82. The SMILES string of the molecule is Cc1ccc(OCC(=O)Nc2cccc(C(=O)NC3CCCCC3)c2)cc1. The topological polar surface area (TPSA) is 67.4 Å². The fraction of sp³-hybridized carbons (Fsp3) is 0.364. The van der Waals surface area contributed by atoms with Crippen LogP contribution in [-0.2, 0) is 4.79 Å². The molecule has 0 aliphatic heterocycles. The Morgan fingerprint density at radius 1 is 1.04 bits per heavy atom. The summed E-state index contributed by atoms with van der Waals surface area (Å²) in [6, 6.07) is 14.8. The fourth-order valence-electron chi connectivity index (χ4n) is 3.23. The maximum Gasteiger partial charge on any atom is 0.262 e. The van der Waals surface area contributed by atoms with E-state index in [1.807, 2.05) is 31.2 Å². The molecule has 5 nitrogen and oxygen atoms in total. The van der Waals surface area contributed by atoms with Gasteiger partial charge < -0.3 is 15.4 Å². The average Bonchev–Trinajstić information content (AvgIpc) is 2.68. The quantitative estimate of drug-likeness (QED) is 0.810. The van der Waals surface area contributed by atoms with E-state index in [4.69, 9.17) is 4.74 Å². The van der Waals surface area contributed by atoms with Crippen LogP contribution in [0, 0.1) is 6.92 Å². The van der Waals surface area contributed by atoms with Gasteiger partial charge in [-0.25, -0.2) is 0 Å². The lowest BCUT2D eigenvalue weighted by Crippen LogP contribution is -2.36. The van der Waals surface area contributed by atoms with Crippen molar-refractivity contribution in [2.45, 2.75) is 45.1 Å². The van der Waals surface area contributed by atoms with Gasteiger partial charge in [-0.2, -0.15) is 0 Å². The molecule has 1 aliphatic carbocycles. The van der Waals surface area contributed by atoms with Crippen LogP contribution >= 0.6 is 0 Å². The Labute approximate surface area is 160 Å². The molecule has 2 aromatic carbocycles. The molecule has 142 valence electrons. The summed E-state index contributed by atoms with van der Waals surface area (Å²) >= 11 is 0. The fourth-order valence-corrected chi connectivity index (χ4v) is 3.23. The smallest absolute Gasteiger partial charge is 0.262 e. The summed E-state index contributed by atoms with van der Waals surface area (Å²) in [5, 5.41) is 5.87. The Balaban J connectivity index is 1.52. The second kappa shape index (κ2) is 9.21. The summed E-state index contributed by atoms with van der Waals surface area (Å²) in [6.07, 6.45) is 5.67. The highest BCUT2D eigenvalue weighted by atomic mass is 16.5. The summed E-state index contributed by atoms with van der Waals surface area (Å²) in [6.45, 7) is 1.91. The molecule has 0 aromatic heterocycles. The Morgan fingerprint density at radius 3 is 2.52 bits per heavy atom. The molecule has 1 aliphatic rings. The minimum absolute atomic E-state index is 0.0818. The molecule has 0 heterocycles. The highest BCUT2D eigenvalue weighted by Gasteiger charge is 2.17. The van der Waals surface area contributed by atoms with Crippen LogP contribution in [0.3, 0.4) is 0 Å². The molecule has 3 rings (SSSR count). The number of amides is 2. The van der Waals surface area contributed by atoms with Gasteiger partial charge in [0.25, 0.3) is 11.8 Å². The van der Waals surface area contributed by atoms with Crippen molar-refractivity contribution in [2.24, 2.45) is 0 Å². The Morgan fingerprint density at radius 2 is 1.78 bits per heavy atom. The van der Waals surface area contributed by atoms with Crippen LogP contribution in [0.15, 0.2) is 48.5 Å². The molecule has 0 bridgehead atoms. The molecule has 1 saturated carbocycles. The van der Waals surface area contributed by atoms with Gasteiger partial charge in [0.05, 0.1) is 0 Å². The van der Waals surface area contributed by atoms with E-state index in [1.165, 1.54) is 19.3 Å². The monoisotopic (exact) mass is 366 g/mol. The lowest BCUT2D eigenvalue weighted by Gasteiger charge is -2.22. The van der Waals surface area contributed by atoms with E-state index in [2.05, 4.69) is 10.6 Å². The van der Waals surface area contributed by atoms with Crippen LogP contribution in [0.5, 0.6) is 5.75 Å². The van der Waals surface area contributed by atoms with Gasteiger partial charge in [-0.1, -0.05) is 43.0 Å². The maximum atomic E-state index is 12.4. The van der Waals surface area contributed by atoms with Crippen molar-refractivity contribution in [1.82, 2.24) is 5.32 Å². The van der Waals surface area contributed by atoms with Gasteiger partial charge in [-0.15, -0.1) is 0 Å². The van der Waals surface area contributed by atoms with Crippen LogP contribution in [-0.4, -0.2) is 24.5 Å². The number of carbonyl (C=O) groups is 2. The first-order valence-electron chi connectivity index (χ1n) is 9.50. The Bertz CT molecular complexity index is 780. The molecule has 2 amide bonds. The standard InChI is InChI=1S/C22H26N2O3/c1-16-10-12-20(13-11-16)27-15-21(25)23-19-9-5-6-17(14-19)22(26)24-18-7-3-2-4-8-18/h5-6,9-14,18H,2-4,7-8,15H2,1H3,(H,23,25)(H,24,26). The highest BCUT2D eigenvalue weighted by Crippen LogP contribution is 2.18. The lowest BCUT2D eigenvalue weighted by molar-refractivity contribution is -0.118. The maximum absolute atomic E-state index is 12.4. The molecule has 0 radical (unpaired) electrons. The largest absolute Gasteiger partial charge is 0.484 e. The van der Waals surface area contributed by atoms with Crippen LogP contribution in [0.1, 0.15) is 48.0 Å². The first-order chi connectivity index (χ1) is 13.1. The molecule has 27 heavy (non-hydrogen) atoms. The molecule has 0 saturated heterocycles. The molecular weight excluding hydrogens is 340 g/mol. The molecule has 2 N–H and O–H groups in total. The van der Waals surface area contributed by atoms with Gasteiger partial charge in [0, 0.05) is 17.3 Å². The summed E-state index contributed by atoms with van der Waals surface area (Å²) in [4.78, 5) is 24.6. The van der Waals surface area contributed by atoms with E-state index in [0.29, 0.717) is 17.0 Å². The number of anilines is 1. The molecule has 1 fully saturated rings. The predicted octanol–water partition coefficient (Wildman–Crippen LogP) is 4.08. The number of nitrogens with one attached hydrogen (secondary N) is 2. The molecular formula is C22H26N2O3. The summed E-state index contributed by atoms with van der Waals surface area (Å²) in [7, 11) is 0. The third-order valence-corrected chi connectivity index (χ3v) is 4.74. The van der Waals surface area contributed by atoms with E-state index in [-0.39, 0.29) is 24.5 Å². The van der Waals surface area contributed by atoms with E-state index >= 15 is 0 Å². The third-order valence-electron chi connectivity index (χ3n) is 4.74. The van der Waals surface area contributed by atoms with E-state index < -0.39 is 0 Å². The van der Waals surface area contributed by atoms with Gasteiger partial charge in [0.1, 0.15) is 5.75 Å². The number of aryl methyl sites for hydroxylation is 1. The summed E-state index contributed by atoms with van der Waals surface area (Å²) < 4.78 is 5.48. The highest BCUT2D eigenvalue weighted by molar-refractivity contribution is 5.97. The first-order valence-corrected chi connectivity index (χ1v) is 9.50. The molecule has 0 unspecified atom stereocenters. The van der Waals surface area contributed by atoms with Gasteiger partial charge in [-0.05, 0) is 50.1 Å². The van der Waals surface area contributed by atoms with Crippen LogP contribution in [0.25, 0.3) is 0 Å². The van der Waals surface area contributed by atoms with Crippen molar-refractivity contribution in [3.8, 4) is 5.75 Å². The molecule has 0 spiro atoms. The predicted molar refractivity (Wildman–Crippen MR) is 106 cm³/mol. The van der Waals surface area contributed by atoms with Crippen LogP contribution in [0.4, 0.5) is 5.69 Å². The second-order valence-electron chi connectivity index (χ2n) is 7.04. The van der Waals surface area contributed by atoms with Crippen molar-refractivity contribution in [2.75, 3.05) is 11.9 Å². The van der Waals surface area contributed by atoms with Crippen LogP contribution < -0.4 is 15.4 Å². The van der Waals surface area contributed by atoms with E-state index in [0.717, 1.165) is 18.4 Å². The third kappa shape index (κ3) is 5.84. The number of hydrogen-bond acceptors (Lipinski definition) is 3. The average molecular weight is 366 g/mol. The van der Waals surface area contributed by atoms with E-state index in [1.54, 1.807) is 24.3 Å². The van der Waals surface area contributed by atoms with Crippen molar-refractivity contribution in [3.05, 3.63) is 59.7 Å².